The van der Waals surface area contributed by atoms with Crippen molar-refractivity contribution in [3.63, 3.8) is 0 Å². The number of hydrogen-bond donors (Lipinski definition) is 0. The first-order chi connectivity index (χ1) is 9.76. The standard InChI is InChI=1S/C17H15N3/c1-11(18-2)13-9-8-12-10-20-15-7-5-4-6-14(15)16(12)17(13)19-3/h4-10H,3H2,1-2H3/b18-11-. The van der Waals surface area contributed by atoms with E-state index in [1.165, 1.54) is 0 Å². The molecule has 98 valence electrons. The van der Waals surface area contributed by atoms with E-state index >= 15 is 0 Å². The van der Waals surface area contributed by atoms with Gasteiger partial charge in [0.15, 0.2) is 0 Å². The lowest BCUT2D eigenvalue weighted by atomic mass is 9.99. The fourth-order valence-corrected chi connectivity index (χ4v) is 2.51. The van der Waals surface area contributed by atoms with Gasteiger partial charge in [-0.1, -0.05) is 30.3 Å². The minimum absolute atomic E-state index is 0.879. The lowest BCUT2D eigenvalue weighted by Crippen LogP contribution is -1.96. The van der Waals surface area contributed by atoms with Gasteiger partial charge in [0.1, 0.15) is 0 Å². The Morgan fingerprint density at radius 1 is 1.15 bits per heavy atom. The smallest absolute Gasteiger partial charge is 0.0798 e. The van der Waals surface area contributed by atoms with Crippen LogP contribution in [0.5, 0.6) is 0 Å². The lowest BCUT2D eigenvalue weighted by molar-refractivity contribution is 1.40. The molecule has 0 saturated heterocycles. The van der Waals surface area contributed by atoms with Gasteiger partial charge >= 0.3 is 0 Å². The van der Waals surface area contributed by atoms with Gasteiger partial charge < -0.3 is 0 Å². The maximum Gasteiger partial charge on any atom is 0.0798 e. The third kappa shape index (κ3) is 1.79. The zero-order valence-electron chi connectivity index (χ0n) is 11.6. The number of aromatic nitrogens is 1. The van der Waals surface area contributed by atoms with Crippen LogP contribution in [-0.4, -0.2) is 24.5 Å². The molecule has 0 aliphatic heterocycles. The molecule has 20 heavy (non-hydrogen) atoms. The van der Waals surface area contributed by atoms with Crippen LogP contribution in [-0.2, 0) is 0 Å². The van der Waals surface area contributed by atoms with E-state index in [2.05, 4.69) is 33.8 Å². The van der Waals surface area contributed by atoms with Crippen LogP contribution in [0.25, 0.3) is 21.7 Å². The summed E-state index contributed by atoms with van der Waals surface area (Å²) in [6, 6.07) is 12.2. The van der Waals surface area contributed by atoms with Crippen molar-refractivity contribution in [2.45, 2.75) is 6.92 Å². The van der Waals surface area contributed by atoms with Gasteiger partial charge in [-0.3, -0.25) is 15.0 Å². The molecule has 3 nitrogen and oxygen atoms in total. The molecule has 0 atom stereocenters. The number of hydrogen-bond acceptors (Lipinski definition) is 3. The molecule has 3 heteroatoms. The first-order valence-corrected chi connectivity index (χ1v) is 6.47. The third-order valence-corrected chi connectivity index (χ3v) is 3.61. The molecule has 0 aliphatic carbocycles. The molecule has 0 aliphatic rings. The molecule has 0 N–H and O–H groups in total. The average Bonchev–Trinajstić information content (AvgIpc) is 2.52. The lowest BCUT2D eigenvalue weighted by Gasteiger charge is -2.11. The Hall–Kier alpha value is -2.55. The van der Waals surface area contributed by atoms with Crippen LogP contribution in [0.15, 0.2) is 52.6 Å². The van der Waals surface area contributed by atoms with Crippen molar-refractivity contribution in [2.24, 2.45) is 9.98 Å². The maximum absolute atomic E-state index is 4.49. The summed E-state index contributed by atoms with van der Waals surface area (Å²) in [4.78, 5) is 13.0. The first-order valence-electron chi connectivity index (χ1n) is 6.47. The van der Waals surface area contributed by atoms with E-state index in [-0.39, 0.29) is 0 Å². The Labute approximate surface area is 117 Å². The molecule has 0 radical (unpaired) electrons. The average molecular weight is 261 g/mol. The Balaban J connectivity index is 2.54. The number of benzene rings is 2. The summed E-state index contributed by atoms with van der Waals surface area (Å²) in [7, 11) is 1.79. The molecule has 1 heterocycles. The van der Waals surface area contributed by atoms with Gasteiger partial charge in [0, 0.05) is 40.7 Å². The van der Waals surface area contributed by atoms with Crippen LogP contribution in [0.4, 0.5) is 5.69 Å². The van der Waals surface area contributed by atoms with Crippen molar-refractivity contribution in [3.8, 4) is 0 Å². The molecule has 1 aromatic heterocycles. The Morgan fingerprint density at radius 3 is 2.70 bits per heavy atom. The van der Waals surface area contributed by atoms with Crippen molar-refractivity contribution in [1.29, 1.82) is 0 Å². The highest BCUT2D eigenvalue weighted by Crippen LogP contribution is 2.35. The molecule has 0 spiro atoms. The molecular weight excluding hydrogens is 246 g/mol. The third-order valence-electron chi connectivity index (χ3n) is 3.61. The second-order valence-corrected chi connectivity index (χ2v) is 4.67. The molecule has 0 amide bonds. The molecule has 3 aromatic rings. The number of para-hydroxylation sites is 1. The van der Waals surface area contributed by atoms with E-state index < -0.39 is 0 Å². The highest BCUT2D eigenvalue weighted by Gasteiger charge is 2.11. The van der Waals surface area contributed by atoms with Gasteiger partial charge in [-0.25, -0.2) is 0 Å². The van der Waals surface area contributed by atoms with Crippen molar-refractivity contribution < 1.29 is 0 Å². The SMILES string of the molecule is C=Nc1c(/C(C)=N\C)ccc2cnc3ccccc3c12. The predicted molar refractivity (Wildman–Crippen MR) is 86.6 cm³/mol. The van der Waals surface area contributed by atoms with E-state index in [1.54, 1.807) is 7.05 Å². The van der Waals surface area contributed by atoms with Gasteiger partial charge in [0.05, 0.1) is 11.2 Å². The molecule has 3 rings (SSSR count). The quantitative estimate of drug-likeness (QED) is 0.504. The Kier molecular flexibility index (Phi) is 3.03. The molecule has 0 fully saturated rings. The largest absolute Gasteiger partial charge is 0.293 e. The number of pyridine rings is 1. The van der Waals surface area contributed by atoms with Gasteiger partial charge in [-0.05, 0) is 19.7 Å². The van der Waals surface area contributed by atoms with Crippen molar-refractivity contribution >= 4 is 39.8 Å². The predicted octanol–water partition coefficient (Wildman–Crippen LogP) is 4.16. The summed E-state index contributed by atoms with van der Waals surface area (Å²) < 4.78 is 0. The summed E-state index contributed by atoms with van der Waals surface area (Å²) in [6.07, 6.45) is 1.88. The van der Waals surface area contributed by atoms with Crippen LogP contribution in [0.1, 0.15) is 12.5 Å². The van der Waals surface area contributed by atoms with E-state index in [0.29, 0.717) is 0 Å². The minimum atomic E-state index is 0.879. The topological polar surface area (TPSA) is 37.6 Å². The van der Waals surface area contributed by atoms with Crippen LogP contribution >= 0.6 is 0 Å². The number of nitrogens with zero attached hydrogens (tertiary/aromatic N) is 3. The number of aliphatic imine (C=N–C) groups is 2. The summed E-state index contributed by atoms with van der Waals surface area (Å²) in [5, 5.41) is 3.25. The van der Waals surface area contributed by atoms with Crippen LogP contribution < -0.4 is 0 Å². The zero-order valence-corrected chi connectivity index (χ0v) is 11.6. The van der Waals surface area contributed by atoms with Crippen molar-refractivity contribution in [1.82, 2.24) is 4.98 Å². The maximum atomic E-state index is 4.49. The zero-order chi connectivity index (χ0) is 14.1. The summed E-state index contributed by atoms with van der Waals surface area (Å²) in [5.41, 5.74) is 3.82. The van der Waals surface area contributed by atoms with Crippen molar-refractivity contribution in [3.05, 3.63) is 48.2 Å². The second kappa shape index (κ2) is 4.85. The van der Waals surface area contributed by atoms with Crippen LogP contribution in [0.2, 0.25) is 0 Å². The molecular formula is C17H15N3. The molecule has 2 aromatic carbocycles. The van der Waals surface area contributed by atoms with Crippen LogP contribution in [0.3, 0.4) is 0 Å². The second-order valence-electron chi connectivity index (χ2n) is 4.67. The monoisotopic (exact) mass is 261 g/mol. The van der Waals surface area contributed by atoms with E-state index in [1.807, 2.05) is 37.4 Å². The molecule has 0 saturated carbocycles. The fourth-order valence-electron chi connectivity index (χ4n) is 2.51. The normalized spacial score (nSPS) is 12.0. The Morgan fingerprint density at radius 2 is 1.95 bits per heavy atom. The summed E-state index contributed by atoms with van der Waals surface area (Å²) in [6.45, 7) is 5.73. The van der Waals surface area contributed by atoms with Gasteiger partial charge in [-0.2, -0.15) is 0 Å². The highest BCUT2D eigenvalue weighted by atomic mass is 14.7. The molecule has 0 unspecified atom stereocenters. The van der Waals surface area contributed by atoms with Crippen molar-refractivity contribution in [2.75, 3.05) is 7.05 Å². The number of fused-ring (bicyclic) bond motifs is 3. The first kappa shape index (κ1) is 12.5. The number of rotatable bonds is 2. The van der Waals surface area contributed by atoms with Gasteiger partial charge in [0.2, 0.25) is 0 Å². The van der Waals surface area contributed by atoms with Crippen LogP contribution in [0, 0.1) is 0 Å². The fraction of sp³-hybridized carbons (Fsp3) is 0.118. The van der Waals surface area contributed by atoms with Gasteiger partial charge in [0.25, 0.3) is 0 Å². The highest BCUT2D eigenvalue weighted by molar-refractivity contribution is 6.17. The minimum Gasteiger partial charge on any atom is -0.293 e. The van der Waals surface area contributed by atoms with E-state index in [9.17, 15) is 0 Å². The molecule has 0 bridgehead atoms. The van der Waals surface area contributed by atoms with E-state index in [4.69, 9.17) is 0 Å². The summed E-state index contributed by atoms with van der Waals surface area (Å²) in [5.74, 6) is 0. The van der Waals surface area contributed by atoms with E-state index in [0.717, 1.165) is 38.6 Å². The Bertz CT molecular complexity index is 847. The summed E-state index contributed by atoms with van der Waals surface area (Å²) >= 11 is 0. The van der Waals surface area contributed by atoms with Gasteiger partial charge in [-0.15, -0.1) is 0 Å².